The Labute approximate surface area is 166 Å². The molecule has 152 valence electrons. The lowest BCUT2D eigenvalue weighted by Crippen LogP contribution is -2.50. The Kier molecular flexibility index (Phi) is 6.70. The number of carbonyl (C=O) groups excluding carboxylic acids is 1. The van der Waals surface area contributed by atoms with Crippen molar-refractivity contribution < 1.29 is 14.3 Å². The first-order chi connectivity index (χ1) is 13.6. The number of furan rings is 1. The van der Waals surface area contributed by atoms with Crippen LogP contribution < -0.4 is 5.32 Å². The Balaban J connectivity index is 1.56. The average molecular weight is 386 g/mol. The zero-order chi connectivity index (χ0) is 20.0. The van der Waals surface area contributed by atoms with E-state index in [0.717, 1.165) is 24.4 Å². The maximum atomic E-state index is 12.7. The van der Waals surface area contributed by atoms with Crippen LogP contribution in [0.25, 0.3) is 0 Å². The van der Waals surface area contributed by atoms with Crippen LogP contribution in [0.5, 0.6) is 0 Å². The van der Waals surface area contributed by atoms with Crippen molar-refractivity contribution >= 4 is 6.03 Å². The molecule has 0 radical (unpaired) electrons. The summed E-state index contributed by atoms with van der Waals surface area (Å²) in [6.07, 6.45) is 6.07. The quantitative estimate of drug-likeness (QED) is 0.765. The van der Waals surface area contributed by atoms with E-state index >= 15 is 0 Å². The number of likely N-dealkylation sites (tertiary alicyclic amines) is 1. The van der Waals surface area contributed by atoms with Gasteiger partial charge in [-0.15, -0.1) is 0 Å². The highest BCUT2D eigenvalue weighted by Crippen LogP contribution is 2.32. The molecule has 1 aliphatic heterocycles. The molecule has 0 spiro atoms. The second-order valence-corrected chi connectivity index (χ2v) is 7.20. The fraction of sp³-hybridized carbons (Fsp3) is 0.524. The fourth-order valence-electron chi connectivity index (χ4n) is 3.86. The fourth-order valence-corrected chi connectivity index (χ4v) is 3.86. The lowest BCUT2D eigenvalue weighted by Gasteiger charge is -2.38. The number of aliphatic hydroxyl groups is 1. The maximum absolute atomic E-state index is 12.7. The highest BCUT2D eigenvalue weighted by atomic mass is 16.3. The summed E-state index contributed by atoms with van der Waals surface area (Å²) < 4.78 is 5.59. The predicted molar refractivity (Wildman–Crippen MR) is 107 cm³/mol. The van der Waals surface area contributed by atoms with Gasteiger partial charge < -0.3 is 19.7 Å². The lowest BCUT2D eigenvalue weighted by atomic mass is 9.85. The Morgan fingerprint density at radius 3 is 2.64 bits per heavy atom. The normalized spacial score (nSPS) is 17.5. The molecular weight excluding hydrogens is 356 g/mol. The molecule has 3 rings (SSSR count). The third-order valence-electron chi connectivity index (χ3n) is 5.65. The minimum Gasteiger partial charge on any atom is -0.468 e. The van der Waals surface area contributed by atoms with Crippen LogP contribution in [0.2, 0.25) is 0 Å². The Bertz CT molecular complexity index is 723. The smallest absolute Gasteiger partial charge is 0.317 e. The van der Waals surface area contributed by atoms with Gasteiger partial charge in [0.25, 0.3) is 0 Å². The number of pyridine rings is 1. The molecule has 2 N–H and O–H groups in total. The number of piperidine rings is 1. The second-order valence-electron chi connectivity index (χ2n) is 7.20. The second kappa shape index (κ2) is 9.21. The van der Waals surface area contributed by atoms with Crippen LogP contribution in [0, 0.1) is 0 Å². The largest absolute Gasteiger partial charge is 0.468 e. The first kappa shape index (κ1) is 20.4. The molecule has 1 saturated heterocycles. The number of rotatable bonds is 7. The molecule has 2 amide bonds. The zero-order valence-electron chi connectivity index (χ0n) is 16.7. The third-order valence-corrected chi connectivity index (χ3v) is 5.65. The van der Waals surface area contributed by atoms with Crippen LogP contribution in [0.4, 0.5) is 4.79 Å². The van der Waals surface area contributed by atoms with Crippen molar-refractivity contribution in [2.45, 2.75) is 38.3 Å². The summed E-state index contributed by atoms with van der Waals surface area (Å²) in [4.78, 5) is 20.8. The van der Waals surface area contributed by atoms with Crippen molar-refractivity contribution in [2.24, 2.45) is 0 Å². The van der Waals surface area contributed by atoms with E-state index < -0.39 is 5.60 Å². The predicted octanol–water partition coefficient (Wildman–Crippen LogP) is 2.75. The third kappa shape index (κ3) is 4.54. The number of hydrogen-bond acceptors (Lipinski definition) is 5. The number of hydrogen-bond donors (Lipinski definition) is 2. The van der Waals surface area contributed by atoms with E-state index in [0.29, 0.717) is 32.5 Å². The average Bonchev–Trinajstić information content (AvgIpc) is 3.26. The molecule has 2 aromatic heterocycles. The summed E-state index contributed by atoms with van der Waals surface area (Å²) in [7, 11) is 0. The van der Waals surface area contributed by atoms with E-state index in [1.807, 2.05) is 24.3 Å². The Morgan fingerprint density at radius 2 is 2.07 bits per heavy atom. The topological polar surface area (TPSA) is 81.8 Å². The summed E-state index contributed by atoms with van der Waals surface area (Å²) in [5.41, 5.74) is -0.0994. The zero-order valence-corrected chi connectivity index (χ0v) is 16.7. The van der Waals surface area contributed by atoms with Gasteiger partial charge >= 0.3 is 6.03 Å². The number of likely N-dealkylation sites (N-methyl/N-ethyl adjacent to an activating group) is 1. The van der Waals surface area contributed by atoms with Gasteiger partial charge in [-0.3, -0.25) is 9.88 Å². The molecule has 0 bridgehead atoms. The van der Waals surface area contributed by atoms with Gasteiger partial charge in [-0.1, -0.05) is 19.9 Å². The van der Waals surface area contributed by atoms with E-state index in [9.17, 15) is 9.90 Å². The number of nitrogens with one attached hydrogen (secondary N) is 1. The summed E-state index contributed by atoms with van der Waals surface area (Å²) in [6.45, 7) is 7.45. The molecule has 7 heteroatoms. The van der Waals surface area contributed by atoms with Gasteiger partial charge in [0.2, 0.25) is 0 Å². The highest BCUT2D eigenvalue weighted by molar-refractivity contribution is 5.74. The summed E-state index contributed by atoms with van der Waals surface area (Å²) in [5.74, 6) is 0.855. The molecular formula is C21H30N4O3. The number of aromatic nitrogens is 1. The molecule has 7 nitrogen and oxygen atoms in total. The van der Waals surface area contributed by atoms with Crippen molar-refractivity contribution in [3.8, 4) is 0 Å². The number of carbonyl (C=O) groups is 1. The molecule has 28 heavy (non-hydrogen) atoms. The molecule has 0 unspecified atom stereocenters. The molecule has 0 saturated carbocycles. The van der Waals surface area contributed by atoms with E-state index in [4.69, 9.17) is 4.42 Å². The van der Waals surface area contributed by atoms with Gasteiger partial charge in [-0.2, -0.15) is 0 Å². The van der Waals surface area contributed by atoms with Crippen LogP contribution in [-0.4, -0.2) is 58.6 Å². The van der Waals surface area contributed by atoms with Crippen molar-refractivity contribution in [3.63, 3.8) is 0 Å². The van der Waals surface area contributed by atoms with Crippen LogP contribution in [0.1, 0.15) is 44.1 Å². The first-order valence-corrected chi connectivity index (χ1v) is 10.0. The summed E-state index contributed by atoms with van der Waals surface area (Å²) >= 11 is 0. The van der Waals surface area contributed by atoms with Gasteiger partial charge in [-0.25, -0.2) is 4.79 Å². The van der Waals surface area contributed by atoms with Crippen LogP contribution in [0.3, 0.4) is 0 Å². The molecule has 1 fully saturated rings. The minimum atomic E-state index is -0.914. The number of urea groups is 1. The molecule has 3 heterocycles. The Hall–Kier alpha value is -2.38. The summed E-state index contributed by atoms with van der Waals surface area (Å²) in [6, 6.07) is 7.44. The van der Waals surface area contributed by atoms with E-state index in [2.05, 4.69) is 29.0 Å². The first-order valence-electron chi connectivity index (χ1n) is 10.0. The van der Waals surface area contributed by atoms with Crippen molar-refractivity contribution in [2.75, 3.05) is 32.7 Å². The highest BCUT2D eigenvalue weighted by Gasteiger charge is 2.35. The molecule has 0 aliphatic carbocycles. The molecule has 0 aromatic carbocycles. The van der Waals surface area contributed by atoms with Gasteiger partial charge in [0.1, 0.15) is 5.76 Å². The standard InChI is InChI=1S/C21H30N4O3/c1-3-24(4-2)18(19-8-6-14-28-19)16-23-20(26)25-12-9-21(27,10-13-25)17-7-5-11-22-15-17/h5-8,11,14-15,18,27H,3-4,9-10,12-13,16H2,1-2H3,(H,23,26)/t18-/m0/s1. The number of nitrogens with zero attached hydrogens (tertiary/aromatic N) is 3. The molecule has 1 atom stereocenters. The molecule has 1 aliphatic rings. The minimum absolute atomic E-state index is 0.00562. The van der Waals surface area contributed by atoms with E-state index in [1.54, 1.807) is 23.6 Å². The summed E-state index contributed by atoms with van der Waals surface area (Å²) in [5, 5.41) is 14.0. The van der Waals surface area contributed by atoms with Crippen LogP contribution >= 0.6 is 0 Å². The van der Waals surface area contributed by atoms with Gasteiger partial charge in [0.15, 0.2) is 0 Å². The van der Waals surface area contributed by atoms with Crippen molar-refractivity contribution in [3.05, 3.63) is 54.2 Å². The van der Waals surface area contributed by atoms with E-state index in [-0.39, 0.29) is 12.1 Å². The van der Waals surface area contributed by atoms with Crippen molar-refractivity contribution in [1.29, 1.82) is 0 Å². The monoisotopic (exact) mass is 386 g/mol. The SMILES string of the molecule is CCN(CC)[C@@H](CNC(=O)N1CCC(O)(c2cccnc2)CC1)c1ccco1. The number of amides is 2. The molecule has 2 aromatic rings. The van der Waals surface area contributed by atoms with Crippen LogP contribution in [0.15, 0.2) is 47.3 Å². The van der Waals surface area contributed by atoms with Gasteiger partial charge in [0.05, 0.1) is 17.9 Å². The van der Waals surface area contributed by atoms with Crippen LogP contribution in [-0.2, 0) is 5.60 Å². The Morgan fingerprint density at radius 1 is 1.32 bits per heavy atom. The van der Waals surface area contributed by atoms with Gasteiger partial charge in [-0.05, 0) is 44.1 Å². The van der Waals surface area contributed by atoms with Crippen molar-refractivity contribution in [1.82, 2.24) is 20.1 Å². The maximum Gasteiger partial charge on any atom is 0.317 e. The van der Waals surface area contributed by atoms with E-state index in [1.165, 1.54) is 0 Å². The lowest BCUT2D eigenvalue weighted by molar-refractivity contribution is -0.0171. The van der Waals surface area contributed by atoms with Gasteiger partial charge in [0, 0.05) is 37.6 Å².